The number of para-hydroxylation sites is 1. The van der Waals surface area contributed by atoms with Gasteiger partial charge in [0.15, 0.2) is 0 Å². The van der Waals surface area contributed by atoms with Crippen LogP contribution in [-0.2, 0) is 4.74 Å². The highest BCUT2D eigenvalue weighted by Gasteiger charge is 2.27. The Hall–Kier alpha value is -1.53. The molecule has 0 aromatic heterocycles. The zero-order valence-electron chi connectivity index (χ0n) is 14.3. The second kappa shape index (κ2) is 9.08. The van der Waals surface area contributed by atoms with Gasteiger partial charge in [-0.25, -0.2) is 4.79 Å². The number of nitrogen functional groups attached to an aromatic ring is 2. The second-order valence-corrected chi connectivity index (χ2v) is 6.54. The monoisotopic (exact) mass is 379 g/mol. The number of hydrogen-bond donors (Lipinski definition) is 2. The van der Waals surface area contributed by atoms with Crippen molar-refractivity contribution in [2.24, 2.45) is 0 Å². The fraction of sp³-hybridized carbons (Fsp3) is 0.562. The summed E-state index contributed by atoms with van der Waals surface area (Å²) in [5, 5.41) is 0. The van der Waals surface area contributed by atoms with Gasteiger partial charge in [0.1, 0.15) is 17.5 Å². The van der Waals surface area contributed by atoms with Crippen molar-refractivity contribution in [2.45, 2.75) is 45.3 Å². The van der Waals surface area contributed by atoms with E-state index in [9.17, 15) is 4.79 Å². The van der Waals surface area contributed by atoms with Gasteiger partial charge in [-0.1, -0.05) is 6.07 Å². The predicted octanol–water partition coefficient (Wildman–Crippen LogP) is 3.47. The lowest BCUT2D eigenvalue weighted by Crippen LogP contribution is -2.44. The lowest BCUT2D eigenvalue weighted by molar-refractivity contribution is 0.0127. The Morgan fingerprint density at radius 3 is 2.29 bits per heavy atom. The summed E-state index contributed by atoms with van der Waals surface area (Å²) in [6, 6.07) is 5.37. The number of nitrogens with zero attached hydrogens (tertiary/aromatic N) is 1. The molecule has 1 aromatic carbocycles. The molecule has 1 fully saturated rings. The molecule has 4 N–H and O–H groups in total. The fourth-order valence-electron chi connectivity index (χ4n) is 2.33. The maximum Gasteiger partial charge on any atom is 0.410 e. The number of piperidine rings is 1. The third-order valence-corrected chi connectivity index (χ3v) is 3.49. The highest BCUT2D eigenvalue weighted by Crippen LogP contribution is 2.29. The molecule has 0 atom stereocenters. The molecule has 2 rings (SSSR count). The molecule has 0 bridgehead atoms. The molecule has 0 saturated carbocycles. The summed E-state index contributed by atoms with van der Waals surface area (Å²) in [6.07, 6.45) is 1.25. The molecule has 0 spiro atoms. The quantitative estimate of drug-likeness (QED) is 0.767. The Bertz CT molecular complexity index is 542. The molecule has 1 aliphatic heterocycles. The topological polar surface area (TPSA) is 90.8 Å². The van der Waals surface area contributed by atoms with Gasteiger partial charge in [0, 0.05) is 25.9 Å². The number of hydrogen-bond acceptors (Lipinski definition) is 5. The summed E-state index contributed by atoms with van der Waals surface area (Å²) in [7, 11) is 0. The zero-order valence-corrected chi connectivity index (χ0v) is 15.9. The zero-order chi connectivity index (χ0) is 16.3. The Morgan fingerprint density at radius 1 is 1.17 bits per heavy atom. The third kappa shape index (κ3) is 6.17. The van der Waals surface area contributed by atoms with Crippen LogP contribution in [0.25, 0.3) is 0 Å². The van der Waals surface area contributed by atoms with Crippen LogP contribution in [0, 0.1) is 0 Å². The van der Waals surface area contributed by atoms with E-state index in [1.54, 1.807) is 11.0 Å². The highest BCUT2D eigenvalue weighted by atomic mass is 35.5. The molecule has 0 radical (unpaired) electrons. The molecular formula is C16H27Cl2N3O3. The summed E-state index contributed by atoms with van der Waals surface area (Å²) in [5.41, 5.74) is 12.2. The van der Waals surface area contributed by atoms with E-state index < -0.39 is 5.60 Å². The lowest BCUT2D eigenvalue weighted by Gasteiger charge is -2.33. The van der Waals surface area contributed by atoms with Gasteiger partial charge < -0.3 is 25.8 Å². The molecule has 1 amide bonds. The van der Waals surface area contributed by atoms with Crippen LogP contribution in [0.2, 0.25) is 0 Å². The first-order valence-electron chi connectivity index (χ1n) is 7.55. The number of anilines is 2. The number of nitrogens with two attached hydrogens (primary N) is 2. The summed E-state index contributed by atoms with van der Waals surface area (Å²) < 4.78 is 11.3. The van der Waals surface area contributed by atoms with E-state index in [1.807, 2.05) is 32.9 Å². The maximum atomic E-state index is 12.0. The molecule has 138 valence electrons. The second-order valence-electron chi connectivity index (χ2n) is 6.54. The molecule has 1 aliphatic rings. The largest absolute Gasteiger partial charge is 0.488 e. The summed E-state index contributed by atoms with van der Waals surface area (Å²) in [6.45, 7) is 6.82. The summed E-state index contributed by atoms with van der Waals surface area (Å²) >= 11 is 0. The Kier molecular flexibility index (Phi) is 8.50. The van der Waals surface area contributed by atoms with Gasteiger partial charge in [-0.05, 0) is 32.9 Å². The van der Waals surface area contributed by atoms with E-state index in [1.165, 1.54) is 0 Å². The molecule has 1 aromatic rings. The average molecular weight is 380 g/mol. The first kappa shape index (κ1) is 22.5. The van der Waals surface area contributed by atoms with Gasteiger partial charge in [0.05, 0.1) is 11.4 Å². The molecule has 1 heterocycles. The molecule has 24 heavy (non-hydrogen) atoms. The number of carbonyl (C=O) groups is 1. The van der Waals surface area contributed by atoms with Crippen molar-refractivity contribution in [1.29, 1.82) is 0 Å². The van der Waals surface area contributed by atoms with Crippen LogP contribution in [-0.4, -0.2) is 35.8 Å². The molecule has 6 nitrogen and oxygen atoms in total. The van der Waals surface area contributed by atoms with Crippen molar-refractivity contribution in [2.75, 3.05) is 24.6 Å². The van der Waals surface area contributed by atoms with E-state index in [0.29, 0.717) is 30.2 Å². The smallest absolute Gasteiger partial charge is 0.410 e. The average Bonchev–Trinajstić information content (AvgIpc) is 2.43. The number of ether oxygens (including phenoxy) is 2. The van der Waals surface area contributed by atoms with Gasteiger partial charge in [-0.2, -0.15) is 0 Å². The molecule has 0 aliphatic carbocycles. The Balaban J connectivity index is 0.00000264. The number of carbonyl (C=O) groups excluding carboxylic acids is 1. The summed E-state index contributed by atoms with van der Waals surface area (Å²) in [5.74, 6) is 0.607. The van der Waals surface area contributed by atoms with Crippen LogP contribution in [0.4, 0.5) is 16.2 Å². The highest BCUT2D eigenvalue weighted by molar-refractivity contribution is 5.85. The van der Waals surface area contributed by atoms with Crippen molar-refractivity contribution in [3.63, 3.8) is 0 Å². The Morgan fingerprint density at radius 2 is 1.75 bits per heavy atom. The van der Waals surface area contributed by atoms with Crippen molar-refractivity contribution in [3.05, 3.63) is 18.2 Å². The van der Waals surface area contributed by atoms with Crippen LogP contribution in [0.15, 0.2) is 18.2 Å². The van der Waals surface area contributed by atoms with Crippen LogP contribution in [0.5, 0.6) is 5.75 Å². The summed E-state index contributed by atoms with van der Waals surface area (Å²) in [4.78, 5) is 13.7. The minimum atomic E-state index is -0.472. The molecule has 0 unspecified atom stereocenters. The van der Waals surface area contributed by atoms with Crippen molar-refractivity contribution < 1.29 is 14.3 Å². The van der Waals surface area contributed by atoms with Gasteiger partial charge in [-0.3, -0.25) is 0 Å². The van der Waals surface area contributed by atoms with Crippen molar-refractivity contribution in [3.8, 4) is 5.75 Å². The SMILES string of the molecule is CC(C)(C)OC(=O)N1CCC(Oc2cccc(N)c2N)CC1.Cl.Cl. The van der Waals surface area contributed by atoms with Crippen LogP contribution >= 0.6 is 24.8 Å². The maximum absolute atomic E-state index is 12.0. The van der Waals surface area contributed by atoms with E-state index in [0.717, 1.165) is 12.8 Å². The number of likely N-dealkylation sites (tertiary alicyclic amines) is 1. The normalized spacial score (nSPS) is 15.0. The predicted molar refractivity (Wildman–Crippen MR) is 101 cm³/mol. The first-order chi connectivity index (χ1) is 10.3. The lowest BCUT2D eigenvalue weighted by atomic mass is 10.1. The van der Waals surface area contributed by atoms with Gasteiger partial charge in [0.2, 0.25) is 0 Å². The fourth-order valence-corrected chi connectivity index (χ4v) is 2.33. The van der Waals surface area contributed by atoms with Gasteiger partial charge >= 0.3 is 6.09 Å². The first-order valence-corrected chi connectivity index (χ1v) is 7.55. The van der Waals surface area contributed by atoms with E-state index in [2.05, 4.69) is 0 Å². The van der Waals surface area contributed by atoms with E-state index in [4.69, 9.17) is 20.9 Å². The minimum Gasteiger partial charge on any atom is -0.488 e. The number of amides is 1. The van der Waals surface area contributed by atoms with Crippen molar-refractivity contribution >= 4 is 42.3 Å². The standard InChI is InChI=1S/C16H25N3O3.2ClH/c1-16(2,3)22-15(20)19-9-7-11(8-10-19)21-13-6-4-5-12(17)14(13)18;;/h4-6,11H,7-10,17-18H2,1-3H3;2*1H. The Labute approximate surface area is 155 Å². The molecule has 1 saturated heterocycles. The van der Waals surface area contributed by atoms with Crippen LogP contribution < -0.4 is 16.2 Å². The van der Waals surface area contributed by atoms with Crippen LogP contribution in [0.1, 0.15) is 33.6 Å². The third-order valence-electron chi connectivity index (χ3n) is 3.49. The number of rotatable bonds is 2. The van der Waals surface area contributed by atoms with Crippen LogP contribution in [0.3, 0.4) is 0 Å². The number of benzene rings is 1. The minimum absolute atomic E-state index is 0. The molecule has 8 heteroatoms. The van der Waals surface area contributed by atoms with E-state index >= 15 is 0 Å². The van der Waals surface area contributed by atoms with Gasteiger partial charge in [-0.15, -0.1) is 24.8 Å². The van der Waals surface area contributed by atoms with E-state index in [-0.39, 0.29) is 37.0 Å². The molecular weight excluding hydrogens is 353 g/mol. The number of halogens is 2. The van der Waals surface area contributed by atoms with Crippen molar-refractivity contribution in [1.82, 2.24) is 4.90 Å². The van der Waals surface area contributed by atoms with Gasteiger partial charge in [0.25, 0.3) is 0 Å².